The topological polar surface area (TPSA) is 66.6 Å². The van der Waals surface area contributed by atoms with Gasteiger partial charge in [0.15, 0.2) is 5.65 Å². The van der Waals surface area contributed by atoms with Crippen LogP contribution in [0.1, 0.15) is 30.7 Å². The van der Waals surface area contributed by atoms with Crippen molar-refractivity contribution in [2.24, 2.45) is 5.92 Å². The van der Waals surface area contributed by atoms with Crippen molar-refractivity contribution in [1.29, 1.82) is 0 Å². The zero-order valence-electron chi connectivity index (χ0n) is 18.3. The van der Waals surface area contributed by atoms with Gasteiger partial charge in [-0.05, 0) is 36.6 Å². The third kappa shape index (κ3) is 3.70. The molecule has 1 saturated carbocycles. The molecule has 6 rings (SSSR count). The van der Waals surface area contributed by atoms with Crippen molar-refractivity contribution < 1.29 is 4.79 Å². The van der Waals surface area contributed by atoms with E-state index in [9.17, 15) is 4.79 Å². The van der Waals surface area contributed by atoms with Gasteiger partial charge in [-0.15, -0.1) is 10.2 Å². The Bertz CT molecular complexity index is 1330. The van der Waals surface area contributed by atoms with Crippen LogP contribution in [0.5, 0.6) is 0 Å². The van der Waals surface area contributed by atoms with Crippen LogP contribution in [0.2, 0.25) is 5.02 Å². The number of carbonyl (C=O) groups excluding carboxylic acids is 1. The van der Waals surface area contributed by atoms with Crippen molar-refractivity contribution >= 4 is 40.0 Å². The predicted octanol–water partition coefficient (Wildman–Crippen LogP) is 3.97. The molecule has 33 heavy (non-hydrogen) atoms. The second-order valence-corrected chi connectivity index (χ2v) is 9.39. The van der Waals surface area contributed by atoms with Crippen molar-refractivity contribution in [2.75, 3.05) is 31.1 Å². The Labute approximate surface area is 197 Å². The second-order valence-electron chi connectivity index (χ2n) is 8.95. The van der Waals surface area contributed by atoms with E-state index in [0.29, 0.717) is 30.4 Å². The summed E-state index contributed by atoms with van der Waals surface area (Å²) < 4.78 is 2.08. The van der Waals surface area contributed by atoms with Gasteiger partial charge >= 0.3 is 0 Å². The highest BCUT2D eigenvalue weighted by atomic mass is 35.5. The molecule has 168 valence electrons. The fourth-order valence-corrected chi connectivity index (χ4v) is 4.96. The van der Waals surface area contributed by atoms with E-state index in [0.717, 1.165) is 54.3 Å². The van der Waals surface area contributed by atoms with Crippen molar-refractivity contribution in [3.63, 3.8) is 0 Å². The van der Waals surface area contributed by atoms with Gasteiger partial charge in [-0.3, -0.25) is 4.79 Å². The molecule has 0 bridgehead atoms. The van der Waals surface area contributed by atoms with Gasteiger partial charge in [0.05, 0.1) is 5.52 Å². The number of rotatable bonds is 4. The van der Waals surface area contributed by atoms with Gasteiger partial charge in [0.2, 0.25) is 11.9 Å². The van der Waals surface area contributed by atoms with E-state index in [1.807, 2.05) is 41.3 Å². The van der Waals surface area contributed by atoms with Crippen molar-refractivity contribution in [2.45, 2.75) is 25.7 Å². The molecule has 1 aliphatic carbocycles. The van der Waals surface area contributed by atoms with E-state index >= 15 is 0 Å². The first-order chi connectivity index (χ1) is 16.2. The zero-order chi connectivity index (χ0) is 22.4. The summed E-state index contributed by atoms with van der Waals surface area (Å²) in [5.74, 6) is 2.22. The summed E-state index contributed by atoms with van der Waals surface area (Å²) in [7, 11) is 0. The SMILES string of the molecule is O=C(C1CCC1)N1CCN(c2nc3cc(Cl)ccc3c3nnc(Cc4ccccc4)n23)CC1. The molecule has 2 aliphatic rings. The summed E-state index contributed by atoms with van der Waals surface area (Å²) in [6.07, 6.45) is 3.91. The van der Waals surface area contributed by atoms with Gasteiger partial charge in [0, 0.05) is 48.9 Å². The number of fused-ring (bicyclic) bond motifs is 3. The van der Waals surface area contributed by atoms with Crippen LogP contribution < -0.4 is 4.90 Å². The largest absolute Gasteiger partial charge is 0.339 e. The molecule has 4 aromatic rings. The summed E-state index contributed by atoms with van der Waals surface area (Å²) in [6, 6.07) is 16.0. The number of amides is 1. The lowest BCUT2D eigenvalue weighted by atomic mass is 9.84. The van der Waals surface area contributed by atoms with Crippen molar-refractivity contribution in [3.8, 4) is 0 Å². The van der Waals surface area contributed by atoms with Crippen molar-refractivity contribution in [3.05, 3.63) is 64.9 Å². The van der Waals surface area contributed by atoms with Gasteiger partial charge in [0.1, 0.15) is 5.82 Å². The maximum Gasteiger partial charge on any atom is 0.225 e. The highest BCUT2D eigenvalue weighted by Gasteiger charge is 2.32. The van der Waals surface area contributed by atoms with Gasteiger partial charge < -0.3 is 9.80 Å². The highest BCUT2D eigenvalue weighted by molar-refractivity contribution is 6.31. The highest BCUT2D eigenvalue weighted by Crippen LogP contribution is 2.30. The number of nitrogens with zero attached hydrogens (tertiary/aromatic N) is 6. The first-order valence-corrected chi connectivity index (χ1v) is 12.0. The predicted molar refractivity (Wildman–Crippen MR) is 129 cm³/mol. The quantitative estimate of drug-likeness (QED) is 0.461. The van der Waals surface area contributed by atoms with Crippen LogP contribution in [0.15, 0.2) is 48.5 Å². The van der Waals surface area contributed by atoms with Gasteiger partial charge in [-0.1, -0.05) is 48.4 Å². The minimum Gasteiger partial charge on any atom is -0.339 e. The zero-order valence-corrected chi connectivity index (χ0v) is 19.1. The molecule has 2 fully saturated rings. The first-order valence-electron chi connectivity index (χ1n) is 11.6. The van der Waals surface area contributed by atoms with Gasteiger partial charge in [0.25, 0.3) is 0 Å². The summed E-state index contributed by atoms with van der Waals surface area (Å²) in [4.78, 5) is 22.0. The third-order valence-corrected chi connectivity index (χ3v) is 7.12. The number of anilines is 1. The van der Waals surface area contributed by atoms with Crippen LogP contribution >= 0.6 is 11.6 Å². The molecule has 0 radical (unpaired) electrons. The molecule has 2 aromatic heterocycles. The fraction of sp³-hybridized carbons (Fsp3) is 0.360. The maximum atomic E-state index is 12.7. The van der Waals surface area contributed by atoms with E-state index < -0.39 is 0 Å². The Hall–Kier alpha value is -3.19. The van der Waals surface area contributed by atoms with E-state index in [4.69, 9.17) is 16.6 Å². The monoisotopic (exact) mass is 460 g/mol. The molecular weight excluding hydrogens is 436 g/mol. The lowest BCUT2D eigenvalue weighted by molar-refractivity contribution is -0.138. The van der Waals surface area contributed by atoms with E-state index in [-0.39, 0.29) is 5.92 Å². The number of carbonyl (C=O) groups is 1. The third-order valence-electron chi connectivity index (χ3n) is 6.88. The van der Waals surface area contributed by atoms with Crippen molar-refractivity contribution in [1.82, 2.24) is 24.5 Å². The molecule has 0 N–H and O–H groups in total. The van der Waals surface area contributed by atoms with Gasteiger partial charge in [-0.25, -0.2) is 9.38 Å². The second kappa shape index (κ2) is 8.30. The van der Waals surface area contributed by atoms with Crippen LogP contribution in [0, 0.1) is 5.92 Å². The maximum absolute atomic E-state index is 12.7. The molecule has 2 aromatic carbocycles. The minimum absolute atomic E-state index is 0.236. The number of hydrogen-bond donors (Lipinski definition) is 0. The molecule has 3 heterocycles. The lowest BCUT2D eigenvalue weighted by Crippen LogP contribution is -2.51. The molecule has 0 unspecified atom stereocenters. The smallest absolute Gasteiger partial charge is 0.225 e. The Balaban J connectivity index is 1.39. The summed E-state index contributed by atoms with van der Waals surface area (Å²) in [5.41, 5.74) is 2.76. The number of halogens is 1. The first kappa shape index (κ1) is 20.4. The Kier molecular flexibility index (Phi) is 5.14. The Morgan fingerprint density at radius 2 is 1.79 bits per heavy atom. The normalized spacial score (nSPS) is 17.0. The average molecular weight is 461 g/mol. The van der Waals surface area contributed by atoms with Crippen LogP contribution in [-0.4, -0.2) is 56.6 Å². The molecule has 7 nitrogen and oxygen atoms in total. The Morgan fingerprint density at radius 1 is 1.00 bits per heavy atom. The molecular formula is C25H25ClN6O. The summed E-state index contributed by atoms with van der Waals surface area (Å²) in [6.45, 7) is 2.88. The minimum atomic E-state index is 0.236. The Morgan fingerprint density at radius 3 is 2.52 bits per heavy atom. The van der Waals surface area contributed by atoms with Crippen LogP contribution in [0.3, 0.4) is 0 Å². The molecule has 1 aliphatic heterocycles. The van der Waals surface area contributed by atoms with Crippen LogP contribution in [0.4, 0.5) is 5.95 Å². The molecule has 1 saturated heterocycles. The standard InChI is InChI=1S/C25H25ClN6O/c26-19-9-10-20-21(16-19)27-25(31-13-11-30(12-14-31)24(33)18-7-4-8-18)32-22(28-29-23(20)32)15-17-5-2-1-3-6-17/h1-3,5-6,9-10,16,18H,4,7-8,11-15H2. The summed E-state index contributed by atoms with van der Waals surface area (Å²) in [5, 5.41) is 10.7. The number of hydrogen-bond acceptors (Lipinski definition) is 5. The van der Waals surface area contributed by atoms with Crippen LogP contribution in [0.25, 0.3) is 16.6 Å². The molecule has 0 atom stereocenters. The lowest BCUT2D eigenvalue weighted by Gasteiger charge is -2.38. The van der Waals surface area contributed by atoms with E-state index in [1.54, 1.807) is 0 Å². The summed E-state index contributed by atoms with van der Waals surface area (Å²) >= 11 is 6.28. The van der Waals surface area contributed by atoms with Gasteiger partial charge in [-0.2, -0.15) is 0 Å². The van der Waals surface area contributed by atoms with E-state index in [2.05, 4.69) is 31.6 Å². The van der Waals surface area contributed by atoms with Crippen LogP contribution in [-0.2, 0) is 11.2 Å². The fourth-order valence-electron chi connectivity index (χ4n) is 4.79. The average Bonchev–Trinajstić information content (AvgIpc) is 3.21. The molecule has 1 amide bonds. The molecule has 8 heteroatoms. The number of aromatic nitrogens is 4. The van der Waals surface area contributed by atoms with E-state index in [1.165, 1.54) is 12.0 Å². The molecule has 0 spiro atoms. The number of piperazine rings is 1. The number of benzene rings is 2.